The molecule has 1 aliphatic heterocycles. The first-order valence-electron chi connectivity index (χ1n) is 9.62. The largest absolute Gasteiger partial charge is 0.354 e. The van der Waals surface area contributed by atoms with Crippen LogP contribution in [0.15, 0.2) is 30.3 Å². The maximum Gasteiger partial charge on any atom is 0.296 e. The highest BCUT2D eigenvalue weighted by Crippen LogP contribution is 2.28. The van der Waals surface area contributed by atoms with Crippen LogP contribution < -0.4 is 10.2 Å². The molecule has 0 saturated carbocycles. The molecule has 9 heteroatoms. The second-order valence-electron chi connectivity index (χ2n) is 7.22. The minimum Gasteiger partial charge on any atom is -0.354 e. The monoisotopic (exact) mass is 388 g/mol. The highest BCUT2D eigenvalue weighted by molar-refractivity contribution is 6.03. The second-order valence-corrected chi connectivity index (χ2v) is 7.22. The Morgan fingerprint density at radius 1 is 1.00 bits per heavy atom. The summed E-state index contributed by atoms with van der Waals surface area (Å²) in [6, 6.07) is 9.53. The number of rotatable bonds is 3. The van der Waals surface area contributed by atoms with Gasteiger partial charge in [-0.2, -0.15) is 4.98 Å². The lowest BCUT2D eigenvalue weighted by molar-refractivity contribution is 0.101. The van der Waals surface area contributed by atoms with Crippen molar-refractivity contribution in [3.8, 4) is 0 Å². The average molecular weight is 388 g/mol. The van der Waals surface area contributed by atoms with E-state index in [9.17, 15) is 4.79 Å². The summed E-state index contributed by atoms with van der Waals surface area (Å²) < 4.78 is 1.56. The van der Waals surface area contributed by atoms with Crippen molar-refractivity contribution < 1.29 is 4.79 Å². The van der Waals surface area contributed by atoms with Crippen LogP contribution in [0.4, 0.5) is 11.6 Å². The minimum atomic E-state index is -0.433. The van der Waals surface area contributed by atoms with Crippen LogP contribution in [0.25, 0.3) is 16.8 Å². The van der Waals surface area contributed by atoms with Gasteiger partial charge in [-0.05, 0) is 44.9 Å². The molecule has 3 aromatic heterocycles. The van der Waals surface area contributed by atoms with Gasteiger partial charge in [-0.3, -0.25) is 4.79 Å². The number of hydrogen-bond acceptors (Lipinski definition) is 7. The number of aryl methyl sites for hydroxylation is 2. The number of benzene rings is 1. The molecule has 0 atom stereocenters. The minimum absolute atomic E-state index is 0.0496. The quantitative estimate of drug-likeness (QED) is 0.575. The smallest absolute Gasteiger partial charge is 0.296 e. The van der Waals surface area contributed by atoms with Crippen molar-refractivity contribution in [1.82, 2.24) is 29.5 Å². The Bertz CT molecular complexity index is 1240. The van der Waals surface area contributed by atoms with Crippen LogP contribution in [0.2, 0.25) is 0 Å². The van der Waals surface area contributed by atoms with E-state index in [-0.39, 0.29) is 5.82 Å². The summed E-state index contributed by atoms with van der Waals surface area (Å²) in [7, 11) is 0. The third-order valence-corrected chi connectivity index (χ3v) is 5.01. The first-order valence-corrected chi connectivity index (χ1v) is 9.62. The molecule has 1 aromatic carbocycles. The van der Waals surface area contributed by atoms with Crippen molar-refractivity contribution in [3.05, 3.63) is 47.5 Å². The van der Waals surface area contributed by atoms with Gasteiger partial charge < -0.3 is 10.2 Å². The summed E-state index contributed by atoms with van der Waals surface area (Å²) in [6.07, 6.45) is 2.19. The first kappa shape index (κ1) is 17.5. The molecule has 146 valence electrons. The molecule has 1 amide bonds. The van der Waals surface area contributed by atoms with Crippen LogP contribution in [0, 0.1) is 13.8 Å². The van der Waals surface area contributed by atoms with E-state index in [4.69, 9.17) is 4.98 Å². The molecule has 4 aromatic rings. The fourth-order valence-corrected chi connectivity index (χ4v) is 3.65. The maximum absolute atomic E-state index is 12.9. The number of para-hydroxylation sites is 2. The molecule has 0 radical (unpaired) electrons. The predicted octanol–water partition coefficient (Wildman–Crippen LogP) is 2.54. The Kier molecular flexibility index (Phi) is 4.08. The predicted molar refractivity (Wildman–Crippen MR) is 109 cm³/mol. The molecule has 0 spiro atoms. The Balaban J connectivity index is 1.54. The zero-order valence-electron chi connectivity index (χ0n) is 16.3. The van der Waals surface area contributed by atoms with Crippen LogP contribution in [-0.2, 0) is 0 Å². The van der Waals surface area contributed by atoms with Crippen molar-refractivity contribution in [2.75, 3.05) is 23.3 Å². The summed E-state index contributed by atoms with van der Waals surface area (Å²) in [5, 5.41) is 7.18. The number of aromatic nitrogens is 6. The number of hydrogen-bond donors (Lipinski definition) is 1. The molecule has 5 rings (SSSR count). The standard InChI is InChI=1S/C20H20N8O/c1-12-11-13(2)28-20(21-12)25-17(26-28)19(29)24-16-18(27-9-5-6-10-27)23-15-8-4-3-7-14(15)22-16/h3-4,7-8,11H,5-6,9-10H2,1-2H3,(H,22,24,29). The number of fused-ring (bicyclic) bond motifs is 2. The zero-order valence-corrected chi connectivity index (χ0v) is 16.3. The normalized spacial score (nSPS) is 14.1. The van der Waals surface area contributed by atoms with Crippen LogP contribution in [0.1, 0.15) is 34.8 Å². The van der Waals surface area contributed by atoms with Gasteiger partial charge in [0.2, 0.25) is 5.82 Å². The Morgan fingerprint density at radius 2 is 1.72 bits per heavy atom. The summed E-state index contributed by atoms with van der Waals surface area (Å²) in [5.74, 6) is 1.13. The lowest BCUT2D eigenvalue weighted by Gasteiger charge is -2.19. The maximum atomic E-state index is 12.9. The molecule has 1 N–H and O–H groups in total. The number of carbonyl (C=O) groups excluding carboxylic acids is 1. The van der Waals surface area contributed by atoms with Gasteiger partial charge in [0, 0.05) is 24.5 Å². The highest BCUT2D eigenvalue weighted by atomic mass is 16.2. The van der Waals surface area contributed by atoms with E-state index in [1.165, 1.54) is 0 Å². The van der Waals surface area contributed by atoms with E-state index in [1.807, 2.05) is 44.2 Å². The lowest BCUT2D eigenvalue weighted by Crippen LogP contribution is -2.23. The molecule has 0 unspecified atom stereocenters. The Morgan fingerprint density at radius 3 is 2.48 bits per heavy atom. The summed E-state index contributed by atoms with van der Waals surface area (Å²) in [6.45, 7) is 5.57. The van der Waals surface area contributed by atoms with Crippen molar-refractivity contribution in [3.63, 3.8) is 0 Å². The number of nitrogens with zero attached hydrogens (tertiary/aromatic N) is 7. The van der Waals surface area contributed by atoms with Gasteiger partial charge >= 0.3 is 0 Å². The molecular weight excluding hydrogens is 368 g/mol. The molecule has 4 heterocycles. The Labute approximate surface area is 166 Å². The van der Waals surface area contributed by atoms with E-state index in [0.717, 1.165) is 48.4 Å². The zero-order chi connectivity index (χ0) is 20.0. The van der Waals surface area contributed by atoms with Crippen LogP contribution >= 0.6 is 0 Å². The molecule has 0 aliphatic carbocycles. The van der Waals surface area contributed by atoms with E-state index >= 15 is 0 Å². The summed E-state index contributed by atoms with van der Waals surface area (Å²) in [5.41, 5.74) is 3.21. The van der Waals surface area contributed by atoms with Crippen molar-refractivity contribution >= 4 is 34.4 Å². The topological polar surface area (TPSA) is 101 Å². The number of nitrogens with one attached hydrogen (secondary N) is 1. The van der Waals surface area contributed by atoms with Crippen LogP contribution in [-0.4, -0.2) is 48.5 Å². The number of anilines is 2. The average Bonchev–Trinajstić information content (AvgIpc) is 3.37. The Hall–Kier alpha value is -3.62. The molecule has 0 bridgehead atoms. The molecule has 1 saturated heterocycles. The molecule has 1 fully saturated rings. The van der Waals surface area contributed by atoms with Crippen LogP contribution in [0.3, 0.4) is 0 Å². The van der Waals surface area contributed by atoms with E-state index in [1.54, 1.807) is 4.52 Å². The van der Waals surface area contributed by atoms with Gasteiger partial charge in [0.1, 0.15) is 0 Å². The molecule has 9 nitrogen and oxygen atoms in total. The third kappa shape index (κ3) is 3.14. The van der Waals surface area contributed by atoms with E-state index in [2.05, 4.69) is 30.3 Å². The highest BCUT2D eigenvalue weighted by Gasteiger charge is 2.23. The van der Waals surface area contributed by atoms with Gasteiger partial charge in [0.15, 0.2) is 11.6 Å². The van der Waals surface area contributed by atoms with Gasteiger partial charge in [-0.25, -0.2) is 19.5 Å². The van der Waals surface area contributed by atoms with Crippen molar-refractivity contribution in [2.24, 2.45) is 0 Å². The lowest BCUT2D eigenvalue weighted by atomic mass is 10.3. The van der Waals surface area contributed by atoms with Gasteiger partial charge in [0.05, 0.1) is 11.0 Å². The van der Waals surface area contributed by atoms with Gasteiger partial charge in [-0.15, -0.1) is 5.10 Å². The summed E-state index contributed by atoms with van der Waals surface area (Å²) in [4.78, 5) is 33.1. The first-order chi connectivity index (χ1) is 14.1. The molecule has 1 aliphatic rings. The second kappa shape index (κ2) is 6.77. The fraction of sp³-hybridized carbons (Fsp3) is 0.300. The fourth-order valence-electron chi connectivity index (χ4n) is 3.65. The number of carbonyl (C=O) groups is 1. The van der Waals surface area contributed by atoms with Gasteiger partial charge in [0.25, 0.3) is 11.7 Å². The van der Waals surface area contributed by atoms with Gasteiger partial charge in [-0.1, -0.05) is 12.1 Å². The van der Waals surface area contributed by atoms with Crippen molar-refractivity contribution in [2.45, 2.75) is 26.7 Å². The number of amides is 1. The van der Waals surface area contributed by atoms with E-state index < -0.39 is 5.91 Å². The molecular formula is C20H20N8O. The van der Waals surface area contributed by atoms with Crippen molar-refractivity contribution in [1.29, 1.82) is 0 Å². The van der Waals surface area contributed by atoms with E-state index in [0.29, 0.717) is 17.4 Å². The molecule has 29 heavy (non-hydrogen) atoms. The van der Waals surface area contributed by atoms with Crippen LogP contribution in [0.5, 0.6) is 0 Å². The third-order valence-electron chi connectivity index (χ3n) is 5.01. The summed E-state index contributed by atoms with van der Waals surface area (Å²) >= 11 is 0. The SMILES string of the molecule is Cc1cc(C)n2nc(C(=O)Nc3nc4ccccc4nc3N3CCCC3)nc2n1.